The van der Waals surface area contributed by atoms with Crippen molar-refractivity contribution >= 4 is 23.5 Å². The van der Waals surface area contributed by atoms with Crippen molar-refractivity contribution in [3.8, 4) is 0 Å². The Morgan fingerprint density at radius 2 is 1.84 bits per heavy atom. The first-order valence-electron chi connectivity index (χ1n) is 8.35. The molecule has 1 aliphatic heterocycles. The maximum absolute atomic E-state index is 12.6. The molecule has 0 saturated carbocycles. The van der Waals surface area contributed by atoms with Crippen molar-refractivity contribution in [1.29, 1.82) is 0 Å². The van der Waals surface area contributed by atoms with Crippen molar-refractivity contribution in [2.45, 2.75) is 25.9 Å². The second kappa shape index (κ2) is 7.70. The van der Waals surface area contributed by atoms with Crippen molar-refractivity contribution in [2.24, 2.45) is 5.92 Å². The summed E-state index contributed by atoms with van der Waals surface area (Å²) < 4.78 is 5.20. The quantitative estimate of drug-likeness (QED) is 0.760. The van der Waals surface area contributed by atoms with Gasteiger partial charge in [0.2, 0.25) is 5.91 Å². The van der Waals surface area contributed by atoms with Crippen molar-refractivity contribution in [3.63, 3.8) is 0 Å². The molecule has 2 atom stereocenters. The average Bonchev–Trinajstić information content (AvgIpc) is 2.94. The van der Waals surface area contributed by atoms with Crippen molar-refractivity contribution < 1.29 is 14.3 Å². The number of amides is 1. The fourth-order valence-corrected chi connectivity index (χ4v) is 3.42. The number of likely N-dealkylation sites (tertiary alicyclic amines) is 1. The standard InChI is InChI=1S/C20H20ClNO3/c1-2-25-20(24)17-12-18(23)22(13-14-6-4-3-5-7-14)19(17)15-8-10-16(21)11-9-15/h3-11,17,19H,2,12-13H2,1H3. The Bertz CT molecular complexity index is 745. The van der Waals surface area contributed by atoms with Gasteiger partial charge in [0.25, 0.3) is 0 Å². The number of ether oxygens (including phenoxy) is 1. The lowest BCUT2D eigenvalue weighted by Crippen LogP contribution is -2.30. The Morgan fingerprint density at radius 3 is 2.48 bits per heavy atom. The Morgan fingerprint density at radius 1 is 1.16 bits per heavy atom. The number of hydrogen-bond donors (Lipinski definition) is 0. The van der Waals surface area contributed by atoms with Gasteiger partial charge in [-0.3, -0.25) is 9.59 Å². The largest absolute Gasteiger partial charge is 0.466 e. The molecule has 0 aromatic heterocycles. The Kier molecular flexibility index (Phi) is 5.39. The number of halogens is 1. The minimum Gasteiger partial charge on any atom is -0.466 e. The Balaban J connectivity index is 1.94. The van der Waals surface area contributed by atoms with Crippen LogP contribution in [0.3, 0.4) is 0 Å². The molecule has 25 heavy (non-hydrogen) atoms. The summed E-state index contributed by atoms with van der Waals surface area (Å²) in [6.07, 6.45) is 0.166. The summed E-state index contributed by atoms with van der Waals surface area (Å²) in [5, 5.41) is 0.621. The number of carbonyl (C=O) groups excluding carboxylic acids is 2. The molecule has 130 valence electrons. The molecule has 2 unspecified atom stereocenters. The third kappa shape index (κ3) is 3.85. The van der Waals surface area contributed by atoms with Crippen molar-refractivity contribution in [1.82, 2.24) is 4.90 Å². The smallest absolute Gasteiger partial charge is 0.311 e. The van der Waals surface area contributed by atoms with E-state index in [2.05, 4.69) is 0 Å². The van der Waals surface area contributed by atoms with Gasteiger partial charge in [0.15, 0.2) is 0 Å². The summed E-state index contributed by atoms with van der Waals surface area (Å²) in [5.74, 6) is -0.870. The molecule has 0 spiro atoms. The highest BCUT2D eigenvalue weighted by Gasteiger charge is 2.45. The van der Waals surface area contributed by atoms with E-state index in [1.807, 2.05) is 42.5 Å². The van der Waals surface area contributed by atoms with Crippen LogP contribution in [0.4, 0.5) is 0 Å². The van der Waals surface area contributed by atoms with E-state index >= 15 is 0 Å². The van der Waals surface area contributed by atoms with Crippen LogP contribution >= 0.6 is 11.6 Å². The summed E-state index contributed by atoms with van der Waals surface area (Å²) in [4.78, 5) is 26.8. The van der Waals surface area contributed by atoms with E-state index in [0.29, 0.717) is 18.2 Å². The second-order valence-corrected chi connectivity index (χ2v) is 6.50. The lowest BCUT2D eigenvalue weighted by molar-refractivity contribution is -0.149. The van der Waals surface area contributed by atoms with Crippen LogP contribution in [0.25, 0.3) is 0 Å². The van der Waals surface area contributed by atoms with Gasteiger partial charge in [0, 0.05) is 18.0 Å². The van der Waals surface area contributed by atoms with E-state index in [-0.39, 0.29) is 24.3 Å². The molecule has 0 N–H and O–H groups in total. The molecule has 1 fully saturated rings. The number of nitrogens with zero attached hydrogens (tertiary/aromatic N) is 1. The first kappa shape index (κ1) is 17.5. The van der Waals surface area contributed by atoms with Gasteiger partial charge >= 0.3 is 5.97 Å². The number of esters is 1. The normalized spacial score (nSPS) is 19.9. The lowest BCUT2D eigenvalue weighted by Gasteiger charge is -2.28. The SMILES string of the molecule is CCOC(=O)C1CC(=O)N(Cc2ccccc2)C1c1ccc(Cl)cc1. The van der Waals surface area contributed by atoms with Crippen LogP contribution in [0.2, 0.25) is 5.02 Å². The molecule has 1 saturated heterocycles. The predicted molar refractivity (Wildman–Crippen MR) is 95.9 cm³/mol. The van der Waals surface area contributed by atoms with Gasteiger partial charge in [-0.25, -0.2) is 0 Å². The summed E-state index contributed by atoms with van der Waals surface area (Å²) >= 11 is 5.99. The molecule has 2 aromatic carbocycles. The first-order chi connectivity index (χ1) is 12.1. The molecule has 5 heteroatoms. The number of benzene rings is 2. The van der Waals surface area contributed by atoms with Crippen LogP contribution in [0.5, 0.6) is 0 Å². The van der Waals surface area contributed by atoms with Crippen LogP contribution in [-0.2, 0) is 20.9 Å². The van der Waals surface area contributed by atoms with Gasteiger partial charge in [0.1, 0.15) is 0 Å². The molecule has 1 aliphatic rings. The van der Waals surface area contributed by atoms with E-state index < -0.39 is 5.92 Å². The van der Waals surface area contributed by atoms with E-state index in [0.717, 1.165) is 11.1 Å². The predicted octanol–water partition coefficient (Wildman–Crippen LogP) is 3.99. The Labute approximate surface area is 152 Å². The zero-order chi connectivity index (χ0) is 17.8. The summed E-state index contributed by atoms with van der Waals surface area (Å²) in [7, 11) is 0. The highest BCUT2D eigenvalue weighted by Crippen LogP contribution is 2.40. The lowest BCUT2D eigenvalue weighted by atomic mass is 9.93. The molecule has 1 heterocycles. The highest BCUT2D eigenvalue weighted by molar-refractivity contribution is 6.30. The summed E-state index contributed by atoms with van der Waals surface area (Å²) in [6.45, 7) is 2.53. The highest BCUT2D eigenvalue weighted by atomic mass is 35.5. The van der Waals surface area contributed by atoms with E-state index in [1.165, 1.54) is 0 Å². The van der Waals surface area contributed by atoms with Crippen LogP contribution in [0, 0.1) is 5.92 Å². The molecule has 2 aromatic rings. The second-order valence-electron chi connectivity index (χ2n) is 6.07. The van der Waals surface area contributed by atoms with Crippen LogP contribution in [0.1, 0.15) is 30.5 Å². The van der Waals surface area contributed by atoms with Gasteiger partial charge in [-0.1, -0.05) is 54.1 Å². The monoisotopic (exact) mass is 357 g/mol. The van der Waals surface area contributed by atoms with Gasteiger partial charge in [-0.2, -0.15) is 0 Å². The molecule has 0 radical (unpaired) electrons. The molecule has 0 aliphatic carbocycles. The maximum atomic E-state index is 12.6. The third-order valence-electron chi connectivity index (χ3n) is 4.43. The zero-order valence-corrected chi connectivity index (χ0v) is 14.8. The van der Waals surface area contributed by atoms with Crippen molar-refractivity contribution in [3.05, 3.63) is 70.7 Å². The molecule has 0 bridgehead atoms. The maximum Gasteiger partial charge on any atom is 0.311 e. The zero-order valence-electron chi connectivity index (χ0n) is 14.0. The number of hydrogen-bond acceptors (Lipinski definition) is 3. The van der Waals surface area contributed by atoms with Gasteiger partial charge < -0.3 is 9.64 Å². The van der Waals surface area contributed by atoms with Gasteiger partial charge in [0.05, 0.1) is 18.6 Å². The summed E-state index contributed by atoms with van der Waals surface area (Å²) in [5.41, 5.74) is 1.92. The third-order valence-corrected chi connectivity index (χ3v) is 4.68. The average molecular weight is 358 g/mol. The van der Waals surface area contributed by atoms with Crippen LogP contribution in [0.15, 0.2) is 54.6 Å². The number of rotatable bonds is 5. The fraction of sp³-hybridized carbons (Fsp3) is 0.300. The Hall–Kier alpha value is -2.33. The van der Waals surface area contributed by atoms with Crippen LogP contribution in [-0.4, -0.2) is 23.4 Å². The minimum atomic E-state index is -0.502. The fourth-order valence-electron chi connectivity index (χ4n) is 3.29. The van der Waals surface area contributed by atoms with E-state index in [9.17, 15) is 9.59 Å². The van der Waals surface area contributed by atoms with E-state index in [4.69, 9.17) is 16.3 Å². The minimum absolute atomic E-state index is 0.0399. The molecule has 4 nitrogen and oxygen atoms in total. The van der Waals surface area contributed by atoms with Gasteiger partial charge in [-0.05, 0) is 30.2 Å². The first-order valence-corrected chi connectivity index (χ1v) is 8.73. The number of carbonyl (C=O) groups is 2. The molecular weight excluding hydrogens is 338 g/mol. The van der Waals surface area contributed by atoms with Crippen LogP contribution < -0.4 is 0 Å². The topological polar surface area (TPSA) is 46.6 Å². The molecule has 3 rings (SSSR count). The van der Waals surface area contributed by atoms with E-state index in [1.54, 1.807) is 24.0 Å². The van der Waals surface area contributed by atoms with Crippen molar-refractivity contribution in [2.75, 3.05) is 6.61 Å². The van der Waals surface area contributed by atoms with Gasteiger partial charge in [-0.15, -0.1) is 0 Å². The summed E-state index contributed by atoms with van der Waals surface area (Å²) in [6, 6.07) is 16.7. The molecule has 1 amide bonds. The molecular formula is C20H20ClNO3.